The molecule has 1 N–H and O–H groups in total. The molecule has 0 aliphatic carbocycles. The van der Waals surface area contributed by atoms with Crippen LogP contribution in [0.1, 0.15) is 25.2 Å². The molecule has 15 heavy (non-hydrogen) atoms. The van der Waals surface area contributed by atoms with E-state index >= 15 is 0 Å². The molecule has 3 heteroatoms. The van der Waals surface area contributed by atoms with Crippen LogP contribution in [-0.4, -0.2) is 9.97 Å². The number of benzene rings is 1. The molecule has 0 fully saturated rings. The fourth-order valence-corrected chi connectivity index (χ4v) is 1.42. The SMILES string of the molecule is CC.Cc1nc2c(C)cccc2c(=O)[nH]1. The Kier molecular flexibility index (Phi) is 3.61. The van der Waals surface area contributed by atoms with Crippen molar-refractivity contribution in [3.05, 3.63) is 39.9 Å². The van der Waals surface area contributed by atoms with Crippen molar-refractivity contribution in [2.45, 2.75) is 27.7 Å². The molecule has 3 nitrogen and oxygen atoms in total. The number of fused-ring (bicyclic) bond motifs is 1. The average molecular weight is 204 g/mol. The highest BCUT2D eigenvalue weighted by Gasteiger charge is 2.02. The van der Waals surface area contributed by atoms with Crippen LogP contribution in [0.25, 0.3) is 10.9 Å². The van der Waals surface area contributed by atoms with E-state index in [4.69, 9.17) is 0 Å². The average Bonchev–Trinajstić information content (AvgIpc) is 2.23. The van der Waals surface area contributed by atoms with Crippen LogP contribution in [0.2, 0.25) is 0 Å². The lowest BCUT2D eigenvalue weighted by atomic mass is 10.1. The summed E-state index contributed by atoms with van der Waals surface area (Å²) < 4.78 is 0. The molecular weight excluding hydrogens is 188 g/mol. The second kappa shape index (κ2) is 4.73. The van der Waals surface area contributed by atoms with Crippen LogP contribution in [0.15, 0.2) is 23.0 Å². The molecule has 2 aromatic rings. The summed E-state index contributed by atoms with van der Waals surface area (Å²) in [7, 11) is 0. The van der Waals surface area contributed by atoms with E-state index in [2.05, 4.69) is 9.97 Å². The summed E-state index contributed by atoms with van der Waals surface area (Å²) >= 11 is 0. The number of aromatic amines is 1. The van der Waals surface area contributed by atoms with Crippen LogP contribution < -0.4 is 5.56 Å². The van der Waals surface area contributed by atoms with E-state index in [0.717, 1.165) is 11.1 Å². The monoisotopic (exact) mass is 204 g/mol. The predicted molar refractivity (Wildman–Crippen MR) is 63.2 cm³/mol. The maximum Gasteiger partial charge on any atom is 0.258 e. The van der Waals surface area contributed by atoms with Gasteiger partial charge in [0, 0.05) is 0 Å². The number of aromatic nitrogens is 2. The Bertz CT molecular complexity index is 515. The first-order valence-electron chi connectivity index (χ1n) is 5.15. The number of nitrogens with one attached hydrogen (secondary N) is 1. The predicted octanol–water partition coefficient (Wildman–Crippen LogP) is 2.57. The number of nitrogens with zero attached hydrogens (tertiary/aromatic N) is 1. The second-order valence-corrected chi connectivity index (χ2v) is 3.12. The number of aryl methyl sites for hydroxylation is 2. The largest absolute Gasteiger partial charge is 0.310 e. The first-order chi connectivity index (χ1) is 7.18. The molecule has 1 aromatic carbocycles. The molecule has 1 aromatic heterocycles. The second-order valence-electron chi connectivity index (χ2n) is 3.12. The third-order valence-corrected chi connectivity index (χ3v) is 2.06. The number of rotatable bonds is 0. The van der Waals surface area contributed by atoms with Gasteiger partial charge in [-0.25, -0.2) is 4.98 Å². The Balaban J connectivity index is 0.000000531. The van der Waals surface area contributed by atoms with E-state index in [9.17, 15) is 4.79 Å². The van der Waals surface area contributed by atoms with Crippen molar-refractivity contribution in [1.29, 1.82) is 0 Å². The molecule has 1 heterocycles. The van der Waals surface area contributed by atoms with Crippen LogP contribution in [0, 0.1) is 13.8 Å². The van der Waals surface area contributed by atoms with Gasteiger partial charge in [0.2, 0.25) is 0 Å². The highest BCUT2D eigenvalue weighted by Crippen LogP contribution is 2.11. The fourth-order valence-electron chi connectivity index (χ4n) is 1.42. The molecule has 0 spiro atoms. The first-order valence-corrected chi connectivity index (χ1v) is 5.15. The van der Waals surface area contributed by atoms with Crippen molar-refractivity contribution in [2.75, 3.05) is 0 Å². The molecule has 0 amide bonds. The smallest absolute Gasteiger partial charge is 0.258 e. The van der Waals surface area contributed by atoms with Crippen LogP contribution in [0.3, 0.4) is 0 Å². The lowest BCUT2D eigenvalue weighted by Gasteiger charge is -2.00. The maximum absolute atomic E-state index is 11.5. The zero-order valence-electron chi connectivity index (χ0n) is 9.59. The number of H-pyrrole nitrogens is 1. The molecule has 0 aliphatic heterocycles. The highest BCUT2D eigenvalue weighted by atomic mass is 16.1. The molecular formula is C12H16N2O. The Morgan fingerprint density at radius 1 is 1.20 bits per heavy atom. The van der Waals surface area contributed by atoms with Gasteiger partial charge in [-0.3, -0.25) is 4.79 Å². The van der Waals surface area contributed by atoms with Crippen LogP contribution in [0.4, 0.5) is 0 Å². The maximum atomic E-state index is 11.5. The van der Waals surface area contributed by atoms with Crippen LogP contribution in [-0.2, 0) is 0 Å². The number of hydrogen-bond acceptors (Lipinski definition) is 2. The van der Waals surface area contributed by atoms with Crippen LogP contribution in [0.5, 0.6) is 0 Å². The van der Waals surface area contributed by atoms with Gasteiger partial charge in [0.25, 0.3) is 5.56 Å². The minimum atomic E-state index is -0.0637. The van der Waals surface area contributed by atoms with Crippen molar-refractivity contribution in [2.24, 2.45) is 0 Å². The normalized spacial score (nSPS) is 9.60. The Hall–Kier alpha value is -1.64. The van der Waals surface area contributed by atoms with Crippen molar-refractivity contribution < 1.29 is 0 Å². The number of para-hydroxylation sites is 1. The molecule has 0 bridgehead atoms. The standard InChI is InChI=1S/C10H10N2O.C2H6/c1-6-4-3-5-8-9(6)11-7(2)12-10(8)13;1-2/h3-5H,1-2H3,(H,11,12,13);1-2H3. The minimum absolute atomic E-state index is 0.0637. The van der Waals surface area contributed by atoms with Gasteiger partial charge in [0.15, 0.2) is 0 Å². The topological polar surface area (TPSA) is 45.8 Å². The Morgan fingerprint density at radius 2 is 1.87 bits per heavy atom. The van der Waals surface area contributed by atoms with Gasteiger partial charge in [-0.2, -0.15) is 0 Å². The summed E-state index contributed by atoms with van der Waals surface area (Å²) in [5.74, 6) is 0.659. The van der Waals surface area contributed by atoms with Crippen LogP contribution >= 0.6 is 0 Å². The van der Waals surface area contributed by atoms with Gasteiger partial charge >= 0.3 is 0 Å². The third-order valence-electron chi connectivity index (χ3n) is 2.06. The van der Waals surface area contributed by atoms with Crippen molar-refractivity contribution >= 4 is 10.9 Å². The molecule has 0 unspecified atom stereocenters. The summed E-state index contributed by atoms with van der Waals surface area (Å²) in [6.07, 6.45) is 0. The molecule has 80 valence electrons. The van der Waals surface area contributed by atoms with Crippen molar-refractivity contribution in [3.8, 4) is 0 Å². The first kappa shape index (κ1) is 11.4. The zero-order valence-corrected chi connectivity index (χ0v) is 9.59. The van der Waals surface area contributed by atoms with Gasteiger partial charge in [-0.15, -0.1) is 0 Å². The molecule has 0 atom stereocenters. The lowest BCUT2D eigenvalue weighted by Crippen LogP contribution is -2.09. The van der Waals surface area contributed by atoms with E-state index in [-0.39, 0.29) is 5.56 Å². The minimum Gasteiger partial charge on any atom is -0.310 e. The Morgan fingerprint density at radius 3 is 2.53 bits per heavy atom. The Labute approximate surface area is 89.2 Å². The summed E-state index contributed by atoms with van der Waals surface area (Å²) in [6.45, 7) is 7.74. The lowest BCUT2D eigenvalue weighted by molar-refractivity contribution is 1.05. The molecule has 0 saturated carbocycles. The highest BCUT2D eigenvalue weighted by molar-refractivity contribution is 5.80. The molecule has 0 saturated heterocycles. The quantitative estimate of drug-likeness (QED) is 0.716. The molecule has 0 aliphatic rings. The zero-order chi connectivity index (χ0) is 11.4. The summed E-state index contributed by atoms with van der Waals surface area (Å²) in [6, 6.07) is 5.60. The van der Waals surface area contributed by atoms with Crippen molar-refractivity contribution in [3.63, 3.8) is 0 Å². The summed E-state index contributed by atoms with van der Waals surface area (Å²) in [4.78, 5) is 18.4. The number of hydrogen-bond donors (Lipinski definition) is 1. The third kappa shape index (κ3) is 2.24. The van der Waals surface area contributed by atoms with E-state index in [1.165, 1.54) is 0 Å². The van der Waals surface area contributed by atoms with E-state index in [1.807, 2.05) is 32.9 Å². The van der Waals surface area contributed by atoms with Gasteiger partial charge in [0.05, 0.1) is 10.9 Å². The summed E-state index contributed by atoms with van der Waals surface area (Å²) in [5.41, 5.74) is 1.77. The van der Waals surface area contributed by atoms with E-state index in [0.29, 0.717) is 11.2 Å². The van der Waals surface area contributed by atoms with Gasteiger partial charge in [-0.1, -0.05) is 26.0 Å². The fraction of sp³-hybridized carbons (Fsp3) is 0.333. The molecule has 2 rings (SSSR count). The molecule has 0 radical (unpaired) electrons. The van der Waals surface area contributed by atoms with E-state index < -0.39 is 0 Å². The van der Waals surface area contributed by atoms with Gasteiger partial charge < -0.3 is 4.98 Å². The summed E-state index contributed by atoms with van der Waals surface area (Å²) in [5, 5.41) is 0.658. The van der Waals surface area contributed by atoms with E-state index in [1.54, 1.807) is 13.0 Å². The van der Waals surface area contributed by atoms with Gasteiger partial charge in [0.1, 0.15) is 5.82 Å². The van der Waals surface area contributed by atoms with Crippen molar-refractivity contribution in [1.82, 2.24) is 9.97 Å². The van der Waals surface area contributed by atoms with Gasteiger partial charge in [-0.05, 0) is 25.5 Å².